The first-order valence-electron chi connectivity index (χ1n) is 26.9. The zero-order chi connectivity index (χ0) is 53.9. The third-order valence-corrected chi connectivity index (χ3v) is 17.0. The molecule has 0 spiro atoms. The van der Waals surface area contributed by atoms with E-state index < -0.39 is 0 Å². The van der Waals surface area contributed by atoms with Gasteiger partial charge in [0.15, 0.2) is 0 Å². The van der Waals surface area contributed by atoms with Gasteiger partial charge in [0, 0.05) is 112 Å². The van der Waals surface area contributed by atoms with Crippen molar-refractivity contribution in [1.29, 1.82) is 0 Å². The Morgan fingerprint density at radius 3 is 1.45 bits per heavy atom. The Balaban J connectivity index is 0.000000138. The normalized spacial score (nSPS) is 16.7. The molecule has 0 saturated carbocycles. The smallest absolute Gasteiger partial charge is 0.254 e. The molecule has 0 aliphatic carbocycles. The molecule has 398 valence electrons. The second kappa shape index (κ2) is 21.0. The Hall–Kier alpha value is -7.60. The van der Waals surface area contributed by atoms with E-state index in [1.807, 2.05) is 61.4 Å². The Kier molecular flexibility index (Phi) is 13.8. The van der Waals surface area contributed by atoms with Gasteiger partial charge in [0.2, 0.25) is 0 Å². The minimum Gasteiger partial charge on any atom is -0.381 e. The lowest BCUT2D eigenvalue weighted by molar-refractivity contribution is 0.0552. The highest BCUT2D eigenvalue weighted by Gasteiger charge is 2.35. The number of benzene rings is 4. The van der Waals surface area contributed by atoms with Gasteiger partial charge in [0.1, 0.15) is 0 Å². The van der Waals surface area contributed by atoms with Gasteiger partial charge in [-0.2, -0.15) is 0 Å². The molecular weight excluding hydrogens is 1040 g/mol. The Morgan fingerprint density at radius 1 is 0.551 bits per heavy atom. The minimum absolute atomic E-state index is 0.0695. The lowest BCUT2D eigenvalue weighted by Crippen LogP contribution is -2.27. The number of carbonyl (C=O) groups excluding carboxylic acids is 2. The average molecular weight is 1110 g/mol. The molecule has 0 radical (unpaired) electrons. The zero-order valence-electron chi connectivity index (χ0n) is 45.2. The maximum Gasteiger partial charge on any atom is 0.254 e. The highest BCUT2D eigenvalue weighted by molar-refractivity contribution is 9.10. The van der Waals surface area contributed by atoms with Crippen LogP contribution in [0.25, 0.3) is 55.1 Å². The van der Waals surface area contributed by atoms with E-state index in [4.69, 9.17) is 19.4 Å². The van der Waals surface area contributed by atoms with Crippen LogP contribution in [0.1, 0.15) is 97.8 Å². The zero-order valence-corrected chi connectivity index (χ0v) is 46.7. The first-order chi connectivity index (χ1) is 37.8. The second-order valence-electron chi connectivity index (χ2n) is 21.4. The summed E-state index contributed by atoms with van der Waals surface area (Å²) in [4.78, 5) is 39.0. The fourth-order valence-electron chi connectivity index (χ4n) is 12.4. The molecule has 10 heterocycles. The maximum atomic E-state index is 12.9. The predicted octanol–water partition coefficient (Wildman–Crippen LogP) is 10.9. The molecule has 2 atom stereocenters. The van der Waals surface area contributed by atoms with Gasteiger partial charge in [-0.15, -0.1) is 10.2 Å². The van der Waals surface area contributed by atoms with E-state index >= 15 is 0 Å². The molecule has 2 fully saturated rings. The summed E-state index contributed by atoms with van der Waals surface area (Å²) in [6.07, 6.45) is 7.78. The van der Waals surface area contributed by atoms with Gasteiger partial charge < -0.3 is 28.4 Å². The number of rotatable bonds is 7. The number of carbonyl (C=O) groups is 2. The van der Waals surface area contributed by atoms with Crippen molar-refractivity contribution in [2.45, 2.75) is 71.6 Å². The van der Waals surface area contributed by atoms with Crippen LogP contribution < -0.4 is 0 Å². The number of nitrogens with zero attached hydrogens (tertiary/aromatic N) is 12. The third-order valence-electron chi connectivity index (χ3n) is 16.5. The Bertz CT molecular complexity index is 3870. The van der Waals surface area contributed by atoms with Gasteiger partial charge in [0.05, 0.1) is 68.0 Å². The van der Waals surface area contributed by atoms with Crippen LogP contribution in [0, 0.1) is 32.6 Å². The van der Waals surface area contributed by atoms with E-state index in [0.717, 1.165) is 151 Å². The lowest BCUT2D eigenvalue weighted by atomic mass is 9.86. The van der Waals surface area contributed by atoms with Gasteiger partial charge in [-0.3, -0.25) is 24.2 Å². The van der Waals surface area contributed by atoms with Gasteiger partial charge in [-0.05, 0) is 133 Å². The molecule has 0 N–H and O–H groups in total. The van der Waals surface area contributed by atoms with Gasteiger partial charge in [-0.25, -0.2) is 4.68 Å². The molecule has 10 aromatic rings. The molecule has 4 aliphatic heterocycles. The fourth-order valence-corrected chi connectivity index (χ4v) is 12.7. The lowest BCUT2D eigenvalue weighted by Gasteiger charge is -2.33. The van der Waals surface area contributed by atoms with E-state index in [0.29, 0.717) is 24.9 Å². The average Bonchev–Trinajstić information content (AvgIpc) is 4.29. The summed E-state index contributed by atoms with van der Waals surface area (Å²) in [6, 6.07) is 34.8. The molecular formula is C61H63BrN12O4. The fraction of sp³-hybridized carbons (Fsp3) is 0.344. The molecule has 0 unspecified atom stereocenters. The molecule has 2 amide bonds. The summed E-state index contributed by atoms with van der Waals surface area (Å²) in [5, 5.41) is 18.2. The molecule has 16 nitrogen and oxygen atoms in total. The molecule has 17 heteroatoms. The van der Waals surface area contributed by atoms with E-state index in [1.165, 1.54) is 11.1 Å². The van der Waals surface area contributed by atoms with Crippen LogP contribution in [0.3, 0.4) is 0 Å². The summed E-state index contributed by atoms with van der Waals surface area (Å²) in [5.74, 6) is 1.02. The van der Waals surface area contributed by atoms with Crippen molar-refractivity contribution >= 4 is 71.6 Å². The van der Waals surface area contributed by atoms with Crippen molar-refractivity contribution in [1.82, 2.24) is 58.9 Å². The monoisotopic (exact) mass is 1110 g/mol. The number of amides is 2. The number of aromatic nitrogens is 10. The van der Waals surface area contributed by atoms with E-state index in [-0.39, 0.29) is 23.9 Å². The van der Waals surface area contributed by atoms with Crippen molar-refractivity contribution in [3.8, 4) is 11.3 Å². The van der Waals surface area contributed by atoms with E-state index in [2.05, 4.69) is 143 Å². The summed E-state index contributed by atoms with van der Waals surface area (Å²) < 4.78 is 21.0. The molecule has 78 heavy (non-hydrogen) atoms. The summed E-state index contributed by atoms with van der Waals surface area (Å²) >= 11 is 3.64. The quantitative estimate of drug-likeness (QED) is 0.151. The van der Waals surface area contributed by atoms with Gasteiger partial charge in [0.25, 0.3) is 11.8 Å². The van der Waals surface area contributed by atoms with Crippen LogP contribution in [-0.4, -0.2) is 111 Å². The molecule has 0 bridgehead atoms. The number of hydrogen-bond donors (Lipinski definition) is 0. The van der Waals surface area contributed by atoms with E-state index in [1.54, 1.807) is 19.2 Å². The predicted molar refractivity (Wildman–Crippen MR) is 305 cm³/mol. The third kappa shape index (κ3) is 9.14. The van der Waals surface area contributed by atoms with Crippen LogP contribution in [0.5, 0.6) is 0 Å². The van der Waals surface area contributed by atoms with Crippen molar-refractivity contribution in [2.24, 2.45) is 25.9 Å². The maximum absolute atomic E-state index is 12.9. The van der Waals surface area contributed by atoms with Crippen LogP contribution in [-0.2, 0) is 36.7 Å². The molecule has 14 rings (SSSR count). The first kappa shape index (κ1) is 51.2. The van der Waals surface area contributed by atoms with Crippen molar-refractivity contribution < 1.29 is 19.1 Å². The van der Waals surface area contributed by atoms with Crippen molar-refractivity contribution in [2.75, 3.05) is 40.5 Å². The highest BCUT2D eigenvalue weighted by atomic mass is 79.9. The van der Waals surface area contributed by atoms with Crippen LogP contribution in [0.15, 0.2) is 114 Å². The number of fused-ring (bicyclic) bond motifs is 8. The van der Waals surface area contributed by atoms with Gasteiger partial charge in [-0.1, -0.05) is 71.1 Å². The standard InChI is InChI=1S/C30H30N6O2.C26H24BrN3O2.C5H9N3/c1-18-28(35(3)33-32-18)21-13-26-27(31-16-21)24-15-23-22(17-34(2)30(23)37)14-25(24)36(26)29(19-7-5-4-6-8-19)20-9-11-38-12-10-20;1-29-15-18-11-22-21(13-20(18)26(29)31)24-23(12-19(27)14-28-24)30(22)25(16-5-3-2-4-6-16)17-7-9-32-10-8-17;1-4-5(2)8(3)7-6-4/h4-8,13-16,20,29H,9-12,17H2,1-3H3;2-6,11-14,17,25H,7-10,15H2,1H3;1-3H3/t29-;25-;/m11./s1. The van der Waals surface area contributed by atoms with Crippen molar-refractivity contribution in [3.05, 3.63) is 164 Å². The van der Waals surface area contributed by atoms with Crippen LogP contribution in [0.4, 0.5) is 0 Å². The van der Waals surface area contributed by atoms with E-state index in [9.17, 15) is 9.59 Å². The first-order valence-corrected chi connectivity index (χ1v) is 27.7. The highest BCUT2D eigenvalue weighted by Crippen LogP contribution is 2.45. The number of halogens is 1. The molecule has 4 aromatic carbocycles. The number of ether oxygens (including phenoxy) is 2. The van der Waals surface area contributed by atoms with Crippen LogP contribution >= 0.6 is 15.9 Å². The number of hydrogen-bond acceptors (Lipinski definition) is 10. The van der Waals surface area contributed by atoms with Gasteiger partial charge >= 0.3 is 0 Å². The number of pyridine rings is 2. The van der Waals surface area contributed by atoms with Crippen molar-refractivity contribution in [3.63, 3.8) is 0 Å². The largest absolute Gasteiger partial charge is 0.381 e. The minimum atomic E-state index is 0.0695. The Morgan fingerprint density at radius 2 is 1.01 bits per heavy atom. The SMILES string of the molecule is CN1Cc2cc3c(cc2C1=O)c1ncc(Br)cc1n3[C@H](c1ccccc1)C1CCOCC1.Cc1nnn(C)c1-c1cnc2c3cc4c(cc3n([C@H](c3ccccc3)C3CCOCC3)c2c1)CN(C)C4=O.Cc1nnn(C)c1C. The molecule has 4 aliphatic rings. The molecule has 2 saturated heterocycles. The second-order valence-corrected chi connectivity index (χ2v) is 22.3. The summed E-state index contributed by atoms with van der Waals surface area (Å²) in [6.45, 7) is 10.3. The van der Waals surface area contributed by atoms with Crippen LogP contribution in [0.2, 0.25) is 0 Å². The summed E-state index contributed by atoms with van der Waals surface area (Å²) in [7, 11) is 7.53. The Labute approximate surface area is 461 Å². The number of aryl methyl sites for hydroxylation is 4. The molecule has 6 aromatic heterocycles. The summed E-state index contributed by atoms with van der Waals surface area (Å²) in [5.41, 5.74) is 17.5. The topological polar surface area (TPSA) is 156 Å².